The molecule has 8 heteroatoms. The molecule has 4 heterocycles. The van der Waals surface area contributed by atoms with E-state index in [2.05, 4.69) is 43.4 Å². The second-order valence-electron chi connectivity index (χ2n) is 9.87. The lowest BCUT2D eigenvalue weighted by molar-refractivity contribution is -0.130. The third-order valence-electron chi connectivity index (χ3n) is 7.08. The molecule has 0 radical (unpaired) electrons. The van der Waals surface area contributed by atoms with Crippen molar-refractivity contribution in [2.75, 3.05) is 39.8 Å². The molecule has 1 fully saturated rings. The first-order valence-electron chi connectivity index (χ1n) is 12.6. The van der Waals surface area contributed by atoms with Crippen LogP contribution < -0.4 is 4.74 Å². The van der Waals surface area contributed by atoms with Gasteiger partial charge >= 0.3 is 0 Å². The van der Waals surface area contributed by atoms with Gasteiger partial charge in [0.05, 0.1) is 24.1 Å². The molecule has 1 amide bonds. The Labute approximate surface area is 208 Å². The normalized spacial score (nSPS) is 15.7. The van der Waals surface area contributed by atoms with Crippen LogP contribution in [0, 0.1) is 13.8 Å². The van der Waals surface area contributed by atoms with Crippen LogP contribution in [0.15, 0.2) is 18.3 Å². The minimum atomic E-state index is 0.163. The van der Waals surface area contributed by atoms with Gasteiger partial charge < -0.3 is 14.2 Å². The number of hydrogen-bond acceptors (Lipinski definition) is 6. The van der Waals surface area contributed by atoms with Gasteiger partial charge in [-0.15, -0.1) is 0 Å². The van der Waals surface area contributed by atoms with E-state index in [9.17, 15) is 4.79 Å². The number of methoxy groups -OCH3 is 1. The molecular formula is C27H38N6O2. The zero-order valence-corrected chi connectivity index (χ0v) is 22.1. The SMILES string of the molecule is CC[C@H](CN1CCN(C(C)=O)CC1)n1cc(C)c2nc(-c3ccc(C(C)C)nc3OC)c(C)nc21. The first-order valence-corrected chi connectivity index (χ1v) is 12.6. The highest BCUT2D eigenvalue weighted by Crippen LogP contribution is 2.33. The highest BCUT2D eigenvalue weighted by atomic mass is 16.5. The van der Waals surface area contributed by atoms with Crippen LogP contribution in [0.3, 0.4) is 0 Å². The zero-order chi connectivity index (χ0) is 25.3. The molecule has 0 aromatic carbocycles. The van der Waals surface area contributed by atoms with Crippen molar-refractivity contribution < 1.29 is 9.53 Å². The maximum absolute atomic E-state index is 11.7. The topological polar surface area (TPSA) is 76.4 Å². The second-order valence-corrected chi connectivity index (χ2v) is 9.87. The number of rotatable bonds is 7. The predicted octanol–water partition coefficient (Wildman–Crippen LogP) is 4.36. The monoisotopic (exact) mass is 478 g/mol. The van der Waals surface area contributed by atoms with Crippen molar-refractivity contribution in [2.24, 2.45) is 0 Å². The number of aryl methyl sites for hydroxylation is 2. The minimum absolute atomic E-state index is 0.163. The predicted molar refractivity (Wildman–Crippen MR) is 139 cm³/mol. The van der Waals surface area contributed by atoms with E-state index in [1.807, 2.05) is 24.0 Å². The second kappa shape index (κ2) is 10.3. The summed E-state index contributed by atoms with van der Waals surface area (Å²) in [7, 11) is 1.65. The quantitative estimate of drug-likeness (QED) is 0.502. The zero-order valence-electron chi connectivity index (χ0n) is 22.1. The number of carbonyl (C=O) groups is 1. The summed E-state index contributed by atoms with van der Waals surface area (Å²) in [6, 6.07) is 4.38. The molecule has 0 bridgehead atoms. The highest BCUT2D eigenvalue weighted by Gasteiger charge is 2.24. The number of ether oxygens (including phenoxy) is 1. The van der Waals surface area contributed by atoms with Crippen molar-refractivity contribution in [3.63, 3.8) is 0 Å². The molecule has 0 saturated carbocycles. The van der Waals surface area contributed by atoms with Crippen molar-refractivity contribution in [3.05, 3.63) is 35.3 Å². The molecule has 1 aliphatic heterocycles. The number of nitrogens with zero attached hydrogens (tertiary/aromatic N) is 6. The van der Waals surface area contributed by atoms with Gasteiger partial charge in [-0.25, -0.2) is 15.0 Å². The third-order valence-corrected chi connectivity index (χ3v) is 7.08. The van der Waals surface area contributed by atoms with Crippen molar-refractivity contribution in [3.8, 4) is 17.1 Å². The molecule has 1 saturated heterocycles. The summed E-state index contributed by atoms with van der Waals surface area (Å²) in [5, 5.41) is 0. The van der Waals surface area contributed by atoms with Gasteiger partial charge in [-0.2, -0.15) is 0 Å². The number of hydrogen-bond donors (Lipinski definition) is 0. The molecule has 4 rings (SSSR count). The van der Waals surface area contributed by atoms with Crippen LogP contribution in [0.1, 0.15) is 63.0 Å². The average molecular weight is 479 g/mol. The number of pyridine rings is 1. The molecule has 1 aliphatic rings. The number of amides is 1. The van der Waals surface area contributed by atoms with Gasteiger partial charge in [-0.1, -0.05) is 20.8 Å². The van der Waals surface area contributed by atoms with Crippen LogP contribution >= 0.6 is 0 Å². The highest BCUT2D eigenvalue weighted by molar-refractivity contribution is 5.81. The lowest BCUT2D eigenvalue weighted by Gasteiger charge is -2.36. The fourth-order valence-corrected chi connectivity index (χ4v) is 4.89. The van der Waals surface area contributed by atoms with E-state index in [4.69, 9.17) is 19.7 Å². The number of carbonyl (C=O) groups excluding carboxylic acids is 1. The van der Waals surface area contributed by atoms with Crippen molar-refractivity contribution >= 4 is 17.1 Å². The van der Waals surface area contributed by atoms with Gasteiger partial charge in [0.1, 0.15) is 5.52 Å². The van der Waals surface area contributed by atoms with Crippen LogP contribution in [-0.2, 0) is 4.79 Å². The van der Waals surface area contributed by atoms with E-state index >= 15 is 0 Å². The van der Waals surface area contributed by atoms with Crippen LogP contribution in [0.4, 0.5) is 0 Å². The van der Waals surface area contributed by atoms with Crippen molar-refractivity contribution in [1.29, 1.82) is 0 Å². The summed E-state index contributed by atoms with van der Waals surface area (Å²) in [6.45, 7) is 16.6. The Bertz CT molecular complexity index is 1210. The molecule has 188 valence electrons. The van der Waals surface area contributed by atoms with E-state index in [1.54, 1.807) is 14.0 Å². The third kappa shape index (κ3) is 5.03. The van der Waals surface area contributed by atoms with Gasteiger partial charge in [0.2, 0.25) is 11.8 Å². The van der Waals surface area contributed by atoms with E-state index in [-0.39, 0.29) is 11.9 Å². The van der Waals surface area contributed by atoms with Crippen LogP contribution in [0.25, 0.3) is 22.4 Å². The average Bonchev–Trinajstić information content (AvgIpc) is 3.16. The maximum Gasteiger partial charge on any atom is 0.222 e. The molecule has 3 aromatic heterocycles. The molecule has 1 atom stereocenters. The summed E-state index contributed by atoms with van der Waals surface area (Å²) in [4.78, 5) is 30.9. The van der Waals surface area contributed by atoms with Crippen molar-refractivity contribution in [2.45, 2.75) is 59.9 Å². The van der Waals surface area contributed by atoms with Crippen LogP contribution in [-0.4, -0.2) is 75.1 Å². The van der Waals surface area contributed by atoms with E-state index in [0.29, 0.717) is 11.8 Å². The summed E-state index contributed by atoms with van der Waals surface area (Å²) < 4.78 is 7.94. The minimum Gasteiger partial charge on any atom is -0.480 e. The van der Waals surface area contributed by atoms with Gasteiger partial charge in [0.25, 0.3) is 0 Å². The standard InChI is InChI=1S/C27H38N6O2/c1-8-21(16-31-11-13-32(14-12-31)20(6)34)33-15-18(4)24-26(33)28-19(5)25(30-24)22-9-10-23(17(2)3)29-27(22)35-7/h9-10,15,17,21H,8,11-14,16H2,1-7H3/t21-/m1/s1. The first-order chi connectivity index (χ1) is 16.7. The smallest absolute Gasteiger partial charge is 0.222 e. The lowest BCUT2D eigenvalue weighted by atomic mass is 10.1. The Kier molecular flexibility index (Phi) is 7.40. The molecule has 3 aromatic rings. The molecule has 0 unspecified atom stereocenters. The molecular weight excluding hydrogens is 440 g/mol. The fraction of sp³-hybridized carbons (Fsp3) is 0.556. The molecule has 0 aliphatic carbocycles. The number of fused-ring (bicyclic) bond motifs is 1. The van der Waals surface area contributed by atoms with E-state index in [0.717, 1.165) is 78.5 Å². The Morgan fingerprint density at radius 3 is 2.40 bits per heavy atom. The Morgan fingerprint density at radius 1 is 1.09 bits per heavy atom. The lowest BCUT2D eigenvalue weighted by Crippen LogP contribution is -2.49. The Balaban J connectivity index is 1.66. The summed E-state index contributed by atoms with van der Waals surface area (Å²) in [5.74, 6) is 1.07. The number of piperazine rings is 1. The van der Waals surface area contributed by atoms with Crippen LogP contribution in [0.2, 0.25) is 0 Å². The number of aromatic nitrogens is 4. The van der Waals surface area contributed by atoms with E-state index < -0.39 is 0 Å². The van der Waals surface area contributed by atoms with Gasteiger partial charge in [0.15, 0.2) is 5.65 Å². The molecule has 8 nitrogen and oxygen atoms in total. The summed E-state index contributed by atoms with van der Waals surface area (Å²) in [6.07, 6.45) is 3.18. The summed E-state index contributed by atoms with van der Waals surface area (Å²) >= 11 is 0. The van der Waals surface area contributed by atoms with Gasteiger partial charge in [-0.3, -0.25) is 9.69 Å². The van der Waals surface area contributed by atoms with Gasteiger partial charge in [-0.05, 0) is 43.9 Å². The fourth-order valence-electron chi connectivity index (χ4n) is 4.89. The Hall–Kier alpha value is -3.00. The first kappa shape index (κ1) is 25.1. The summed E-state index contributed by atoms with van der Waals surface area (Å²) in [5.41, 5.74) is 6.48. The largest absolute Gasteiger partial charge is 0.480 e. The van der Waals surface area contributed by atoms with Gasteiger partial charge in [0, 0.05) is 57.6 Å². The Morgan fingerprint density at radius 2 is 1.80 bits per heavy atom. The molecule has 35 heavy (non-hydrogen) atoms. The molecule has 0 N–H and O–H groups in total. The molecule has 0 spiro atoms. The maximum atomic E-state index is 11.7. The van der Waals surface area contributed by atoms with E-state index in [1.165, 1.54) is 0 Å². The van der Waals surface area contributed by atoms with Crippen LogP contribution in [0.5, 0.6) is 5.88 Å². The van der Waals surface area contributed by atoms with Crippen molar-refractivity contribution in [1.82, 2.24) is 29.3 Å².